The zero-order chi connectivity index (χ0) is 14.9. The summed E-state index contributed by atoms with van der Waals surface area (Å²) in [6, 6.07) is 0.508. The molecule has 1 saturated carbocycles. The fraction of sp³-hybridized carbons (Fsp3) is 0.824. The van der Waals surface area contributed by atoms with Gasteiger partial charge in [-0.2, -0.15) is 5.10 Å². The first kappa shape index (κ1) is 15.0. The Morgan fingerprint density at radius 1 is 1.38 bits per heavy atom. The van der Waals surface area contributed by atoms with Gasteiger partial charge in [0.05, 0.1) is 23.9 Å². The van der Waals surface area contributed by atoms with Gasteiger partial charge in [-0.05, 0) is 32.6 Å². The number of ether oxygens (including phenoxy) is 1. The molecular weight excluding hydrogens is 262 g/mol. The van der Waals surface area contributed by atoms with E-state index in [4.69, 9.17) is 4.74 Å². The summed E-state index contributed by atoms with van der Waals surface area (Å²) in [5.41, 5.74) is 2.67. The molecule has 1 unspecified atom stereocenters. The molecule has 1 spiro atoms. The van der Waals surface area contributed by atoms with Crippen LogP contribution in [0.25, 0.3) is 0 Å². The van der Waals surface area contributed by atoms with E-state index in [0.29, 0.717) is 12.1 Å². The fourth-order valence-electron chi connectivity index (χ4n) is 3.76. The Morgan fingerprint density at radius 3 is 2.86 bits per heavy atom. The molecule has 4 heteroatoms. The summed E-state index contributed by atoms with van der Waals surface area (Å²) in [5, 5.41) is 8.13. The van der Waals surface area contributed by atoms with Crippen LogP contribution in [0.15, 0.2) is 6.20 Å². The molecular formula is C17H29N3O. The Balaban J connectivity index is 1.57. The average Bonchev–Trinajstić information content (AvgIpc) is 3.12. The molecule has 3 rings (SSSR count). The smallest absolute Gasteiger partial charge is 0.0779 e. The molecule has 1 saturated heterocycles. The van der Waals surface area contributed by atoms with E-state index in [1.54, 1.807) is 0 Å². The van der Waals surface area contributed by atoms with E-state index in [-0.39, 0.29) is 5.60 Å². The second-order valence-electron chi connectivity index (χ2n) is 7.17. The summed E-state index contributed by atoms with van der Waals surface area (Å²) in [6.45, 7) is 8.26. The summed E-state index contributed by atoms with van der Waals surface area (Å²) in [5.74, 6) is 0. The number of nitrogens with zero attached hydrogens (tertiary/aromatic N) is 2. The van der Waals surface area contributed by atoms with Crippen molar-refractivity contribution in [2.75, 3.05) is 0 Å². The van der Waals surface area contributed by atoms with Gasteiger partial charge in [0.15, 0.2) is 0 Å². The van der Waals surface area contributed by atoms with Crippen molar-refractivity contribution in [3.63, 3.8) is 0 Å². The van der Waals surface area contributed by atoms with Crippen molar-refractivity contribution < 1.29 is 4.74 Å². The van der Waals surface area contributed by atoms with Gasteiger partial charge in [0.2, 0.25) is 0 Å². The monoisotopic (exact) mass is 291 g/mol. The zero-order valence-electron chi connectivity index (χ0n) is 13.7. The van der Waals surface area contributed by atoms with Crippen LogP contribution >= 0.6 is 0 Å². The van der Waals surface area contributed by atoms with Gasteiger partial charge < -0.3 is 10.1 Å². The van der Waals surface area contributed by atoms with Crippen LogP contribution < -0.4 is 5.32 Å². The quantitative estimate of drug-likeness (QED) is 0.905. The molecule has 2 aliphatic rings. The third-order valence-corrected chi connectivity index (χ3v) is 4.99. The van der Waals surface area contributed by atoms with Gasteiger partial charge in [0.25, 0.3) is 0 Å². The van der Waals surface area contributed by atoms with E-state index in [1.165, 1.54) is 44.1 Å². The maximum atomic E-state index is 6.38. The summed E-state index contributed by atoms with van der Waals surface area (Å²) >= 11 is 0. The van der Waals surface area contributed by atoms with Crippen molar-refractivity contribution in [1.82, 2.24) is 15.1 Å². The van der Waals surface area contributed by atoms with E-state index in [0.717, 1.165) is 18.8 Å². The molecule has 1 aliphatic heterocycles. The molecule has 2 heterocycles. The van der Waals surface area contributed by atoms with Crippen LogP contribution in [0.5, 0.6) is 0 Å². The van der Waals surface area contributed by atoms with Crippen LogP contribution in [0.2, 0.25) is 0 Å². The van der Waals surface area contributed by atoms with E-state index in [1.807, 2.05) is 0 Å². The molecule has 0 aromatic carbocycles. The van der Waals surface area contributed by atoms with Gasteiger partial charge in [-0.15, -0.1) is 0 Å². The Bertz CT molecular complexity index is 474. The number of rotatable bonds is 5. The van der Waals surface area contributed by atoms with E-state index < -0.39 is 0 Å². The minimum Gasteiger partial charge on any atom is -0.370 e. The van der Waals surface area contributed by atoms with Crippen LogP contribution in [-0.2, 0) is 17.8 Å². The summed E-state index contributed by atoms with van der Waals surface area (Å²) < 4.78 is 8.47. The first-order valence-corrected chi connectivity index (χ1v) is 8.50. The topological polar surface area (TPSA) is 39.1 Å². The molecule has 0 radical (unpaired) electrons. The predicted octanol–water partition coefficient (Wildman–Crippen LogP) is 3.18. The summed E-state index contributed by atoms with van der Waals surface area (Å²) in [6.07, 6.45) is 10.2. The van der Waals surface area contributed by atoms with E-state index in [2.05, 4.69) is 42.1 Å². The van der Waals surface area contributed by atoms with Crippen molar-refractivity contribution in [2.45, 2.75) is 90.1 Å². The highest BCUT2D eigenvalue weighted by atomic mass is 16.5. The molecule has 4 nitrogen and oxygen atoms in total. The Kier molecular flexibility index (Phi) is 4.36. The van der Waals surface area contributed by atoms with Crippen molar-refractivity contribution in [1.29, 1.82) is 0 Å². The fourth-order valence-corrected chi connectivity index (χ4v) is 3.76. The minimum absolute atomic E-state index is 0.231. The standard InChI is InChI=1S/C17H29N3O/c1-13(2)18-10-15-11-20(19-14(15)3)12-16-6-9-17(21-16)7-4-5-8-17/h11,13,16,18H,4-10,12H2,1-3H3. The summed E-state index contributed by atoms with van der Waals surface area (Å²) in [7, 11) is 0. The predicted molar refractivity (Wildman–Crippen MR) is 84.2 cm³/mol. The average molecular weight is 291 g/mol. The normalized spacial score (nSPS) is 24.5. The summed E-state index contributed by atoms with van der Waals surface area (Å²) in [4.78, 5) is 0. The molecule has 1 atom stereocenters. The van der Waals surface area contributed by atoms with Crippen LogP contribution in [0.3, 0.4) is 0 Å². The number of hydrogen-bond donors (Lipinski definition) is 1. The second kappa shape index (κ2) is 6.09. The Hall–Kier alpha value is -0.870. The van der Waals surface area contributed by atoms with Gasteiger partial charge >= 0.3 is 0 Å². The number of nitrogens with one attached hydrogen (secondary N) is 1. The molecule has 118 valence electrons. The zero-order valence-corrected chi connectivity index (χ0v) is 13.7. The van der Waals surface area contributed by atoms with Crippen LogP contribution in [0, 0.1) is 6.92 Å². The van der Waals surface area contributed by atoms with Gasteiger partial charge in [-0.3, -0.25) is 4.68 Å². The minimum atomic E-state index is 0.231. The molecule has 1 N–H and O–H groups in total. The van der Waals surface area contributed by atoms with Crippen LogP contribution in [0.1, 0.15) is 63.6 Å². The maximum Gasteiger partial charge on any atom is 0.0779 e. The van der Waals surface area contributed by atoms with Crippen molar-refractivity contribution >= 4 is 0 Å². The van der Waals surface area contributed by atoms with Gasteiger partial charge in [-0.25, -0.2) is 0 Å². The lowest BCUT2D eigenvalue weighted by Crippen LogP contribution is -2.26. The largest absolute Gasteiger partial charge is 0.370 e. The Labute approximate surface area is 128 Å². The van der Waals surface area contributed by atoms with Crippen molar-refractivity contribution in [3.8, 4) is 0 Å². The molecule has 21 heavy (non-hydrogen) atoms. The maximum absolute atomic E-state index is 6.38. The van der Waals surface area contributed by atoms with Crippen molar-refractivity contribution in [3.05, 3.63) is 17.5 Å². The highest BCUT2D eigenvalue weighted by Crippen LogP contribution is 2.43. The van der Waals surface area contributed by atoms with Crippen molar-refractivity contribution in [2.24, 2.45) is 0 Å². The molecule has 1 aromatic rings. The van der Waals surface area contributed by atoms with E-state index >= 15 is 0 Å². The SMILES string of the molecule is Cc1nn(CC2CCC3(CCCC3)O2)cc1CNC(C)C. The number of aromatic nitrogens is 2. The number of aryl methyl sites for hydroxylation is 1. The number of hydrogen-bond acceptors (Lipinski definition) is 3. The van der Waals surface area contributed by atoms with Gasteiger partial charge in [0.1, 0.15) is 0 Å². The van der Waals surface area contributed by atoms with E-state index in [9.17, 15) is 0 Å². The van der Waals surface area contributed by atoms with Gasteiger partial charge in [0, 0.05) is 24.3 Å². The third-order valence-electron chi connectivity index (χ3n) is 4.99. The second-order valence-corrected chi connectivity index (χ2v) is 7.17. The lowest BCUT2D eigenvalue weighted by atomic mass is 9.98. The highest BCUT2D eigenvalue weighted by Gasteiger charge is 2.42. The third kappa shape index (κ3) is 3.49. The Morgan fingerprint density at radius 2 is 2.14 bits per heavy atom. The first-order valence-electron chi connectivity index (χ1n) is 8.50. The van der Waals surface area contributed by atoms with Crippen LogP contribution in [-0.4, -0.2) is 27.5 Å². The van der Waals surface area contributed by atoms with Gasteiger partial charge in [-0.1, -0.05) is 26.7 Å². The molecule has 1 aliphatic carbocycles. The lowest BCUT2D eigenvalue weighted by Gasteiger charge is -2.23. The highest BCUT2D eigenvalue weighted by molar-refractivity contribution is 5.15. The lowest BCUT2D eigenvalue weighted by molar-refractivity contribution is -0.0429. The first-order chi connectivity index (χ1) is 10.1. The molecule has 0 bridgehead atoms. The molecule has 1 aromatic heterocycles. The van der Waals surface area contributed by atoms with Crippen LogP contribution in [0.4, 0.5) is 0 Å². The molecule has 2 fully saturated rings. The molecule has 0 amide bonds.